The van der Waals surface area contributed by atoms with Crippen molar-refractivity contribution in [2.45, 2.75) is 32.9 Å². The minimum absolute atomic E-state index is 0.0705. The molecule has 5 rings (SSSR count). The average Bonchev–Trinajstić information content (AvgIpc) is 2.93. The van der Waals surface area contributed by atoms with Gasteiger partial charge >= 0.3 is 0 Å². The van der Waals surface area contributed by atoms with Crippen LogP contribution in [-0.2, 0) is 4.79 Å². The van der Waals surface area contributed by atoms with Crippen LogP contribution in [0.1, 0.15) is 18.1 Å². The molecule has 1 unspecified atom stereocenters. The maximum Gasteiger partial charge on any atom is 0.248 e. The smallest absolute Gasteiger partial charge is 0.248 e. The van der Waals surface area contributed by atoms with Gasteiger partial charge < -0.3 is 20.4 Å². The first-order valence-corrected chi connectivity index (χ1v) is 12.3. The van der Waals surface area contributed by atoms with Crippen molar-refractivity contribution in [3.05, 3.63) is 90.4 Å². The second-order valence-corrected chi connectivity index (χ2v) is 9.20. The van der Waals surface area contributed by atoms with Gasteiger partial charge in [0.1, 0.15) is 11.9 Å². The van der Waals surface area contributed by atoms with E-state index in [1.165, 1.54) is 0 Å². The number of rotatable bonds is 6. The van der Waals surface area contributed by atoms with Crippen molar-refractivity contribution in [3.8, 4) is 0 Å². The van der Waals surface area contributed by atoms with Gasteiger partial charge in [-0.1, -0.05) is 36.4 Å². The molecule has 2 N–H and O–H groups in total. The van der Waals surface area contributed by atoms with E-state index >= 15 is 0 Å². The van der Waals surface area contributed by atoms with Crippen LogP contribution in [0.2, 0.25) is 0 Å². The van der Waals surface area contributed by atoms with Crippen molar-refractivity contribution in [2.75, 3.05) is 33.5 Å². The maximum absolute atomic E-state index is 13.7. The number of carbonyl (C=O) groups excluding carboxylic acids is 1. The lowest BCUT2D eigenvalue weighted by Gasteiger charge is -2.45. The van der Waals surface area contributed by atoms with Crippen LogP contribution in [0.15, 0.2) is 79.3 Å². The Hall–Kier alpha value is -4.53. The number of piperazine rings is 1. The molecule has 0 bridgehead atoms. The van der Waals surface area contributed by atoms with E-state index in [0.29, 0.717) is 24.7 Å². The second kappa shape index (κ2) is 10.6. The molecule has 0 aliphatic carbocycles. The first kappa shape index (κ1) is 24.2. The Morgan fingerprint density at radius 2 is 1.57 bits per heavy atom. The van der Waals surface area contributed by atoms with Gasteiger partial charge in [-0.3, -0.25) is 9.78 Å². The first-order valence-electron chi connectivity index (χ1n) is 12.3. The van der Waals surface area contributed by atoms with Gasteiger partial charge in [0.25, 0.3) is 0 Å². The summed E-state index contributed by atoms with van der Waals surface area (Å²) in [5, 5.41) is 15.6. The van der Waals surface area contributed by atoms with Gasteiger partial charge in [-0.2, -0.15) is 0 Å². The molecule has 9 heteroatoms. The summed E-state index contributed by atoms with van der Waals surface area (Å²) < 4.78 is 0. The SMILES string of the molecule is Cc1c(Nc2ccccc2)nnc(N2CC(C)N(c3cnccn3)C[C@@H]2C(=O)Nc2ccccc2)c1C. The van der Waals surface area contributed by atoms with Gasteiger partial charge in [0, 0.05) is 54.0 Å². The normalized spacial score (nSPS) is 17.4. The van der Waals surface area contributed by atoms with Crippen LogP contribution in [-0.4, -0.2) is 51.2 Å². The van der Waals surface area contributed by atoms with Gasteiger partial charge in [-0.15, -0.1) is 10.2 Å². The highest BCUT2D eigenvalue weighted by atomic mass is 16.2. The lowest BCUT2D eigenvalue weighted by atomic mass is 10.0. The highest BCUT2D eigenvalue weighted by Crippen LogP contribution is 2.31. The zero-order valence-corrected chi connectivity index (χ0v) is 21.2. The lowest BCUT2D eigenvalue weighted by molar-refractivity contribution is -0.117. The Morgan fingerprint density at radius 1 is 0.865 bits per heavy atom. The number of para-hydroxylation sites is 2. The molecule has 9 nitrogen and oxygen atoms in total. The second-order valence-electron chi connectivity index (χ2n) is 9.20. The van der Waals surface area contributed by atoms with E-state index in [1.807, 2.05) is 74.5 Å². The summed E-state index contributed by atoms with van der Waals surface area (Å²) in [6.07, 6.45) is 5.05. The number of anilines is 5. The fourth-order valence-corrected chi connectivity index (χ4v) is 4.58. The summed E-state index contributed by atoms with van der Waals surface area (Å²) >= 11 is 0. The number of benzene rings is 2. The Morgan fingerprint density at radius 3 is 2.24 bits per heavy atom. The Kier molecular flexibility index (Phi) is 6.93. The number of aromatic nitrogens is 4. The highest BCUT2D eigenvalue weighted by Gasteiger charge is 2.38. The van der Waals surface area contributed by atoms with Crippen LogP contribution in [0.5, 0.6) is 0 Å². The number of hydrogen-bond donors (Lipinski definition) is 2. The molecule has 1 aliphatic rings. The summed E-state index contributed by atoms with van der Waals surface area (Å²) in [4.78, 5) is 26.6. The van der Waals surface area contributed by atoms with Crippen LogP contribution >= 0.6 is 0 Å². The van der Waals surface area contributed by atoms with Crippen molar-refractivity contribution in [1.82, 2.24) is 20.2 Å². The fourth-order valence-electron chi connectivity index (χ4n) is 4.58. The van der Waals surface area contributed by atoms with Crippen LogP contribution < -0.4 is 20.4 Å². The van der Waals surface area contributed by atoms with E-state index in [2.05, 4.69) is 47.5 Å². The van der Waals surface area contributed by atoms with Crippen molar-refractivity contribution >= 4 is 34.7 Å². The van der Waals surface area contributed by atoms with Gasteiger partial charge in [0.2, 0.25) is 5.91 Å². The van der Waals surface area contributed by atoms with Gasteiger partial charge in [0.05, 0.1) is 6.20 Å². The third kappa shape index (κ3) is 5.20. The standard InChI is InChI=1S/C28H30N8O/c1-19-17-36(27-21(3)20(2)26(33-34-27)31-22-10-6-4-7-11-22)24(18-35(19)25-16-29-14-15-30-25)28(37)32-23-12-8-5-9-13-23/h4-16,19,24H,17-18H2,1-3H3,(H,31,33)(H,32,37)/t19?,24-/m1/s1. The van der Waals surface area contributed by atoms with Crippen molar-refractivity contribution in [1.29, 1.82) is 0 Å². The van der Waals surface area contributed by atoms with E-state index in [9.17, 15) is 4.79 Å². The molecule has 188 valence electrons. The summed E-state index contributed by atoms with van der Waals surface area (Å²) in [7, 11) is 0. The molecule has 2 atom stereocenters. The molecule has 3 heterocycles. The van der Waals surface area contributed by atoms with E-state index in [1.54, 1.807) is 18.6 Å². The average molecular weight is 495 g/mol. The largest absolute Gasteiger partial charge is 0.348 e. The van der Waals surface area contributed by atoms with Gasteiger partial charge in [0.15, 0.2) is 11.6 Å². The van der Waals surface area contributed by atoms with Crippen LogP contribution in [0.3, 0.4) is 0 Å². The summed E-state index contributed by atoms with van der Waals surface area (Å²) in [5.74, 6) is 2.03. The molecule has 4 aromatic rings. The molecule has 0 spiro atoms. The van der Waals surface area contributed by atoms with Crippen LogP contribution in [0.25, 0.3) is 0 Å². The first-order chi connectivity index (χ1) is 18.0. The molecule has 0 radical (unpaired) electrons. The van der Waals surface area contributed by atoms with E-state index in [4.69, 9.17) is 0 Å². The van der Waals surface area contributed by atoms with Crippen molar-refractivity contribution in [3.63, 3.8) is 0 Å². The summed E-state index contributed by atoms with van der Waals surface area (Å²) in [5.41, 5.74) is 3.66. The number of nitrogens with zero attached hydrogens (tertiary/aromatic N) is 6. The molecular formula is C28H30N8O. The molecule has 0 saturated carbocycles. The summed E-state index contributed by atoms with van der Waals surface area (Å²) in [6, 6.07) is 18.9. The van der Waals surface area contributed by atoms with E-state index in [0.717, 1.165) is 28.3 Å². The molecule has 37 heavy (non-hydrogen) atoms. The van der Waals surface area contributed by atoms with Gasteiger partial charge in [-0.25, -0.2) is 4.98 Å². The predicted molar refractivity (Wildman–Crippen MR) is 146 cm³/mol. The van der Waals surface area contributed by atoms with E-state index < -0.39 is 6.04 Å². The maximum atomic E-state index is 13.7. The fraction of sp³-hybridized carbons (Fsp3) is 0.250. The van der Waals surface area contributed by atoms with Crippen LogP contribution in [0, 0.1) is 13.8 Å². The number of hydrogen-bond acceptors (Lipinski definition) is 8. The predicted octanol–water partition coefficient (Wildman–Crippen LogP) is 4.35. The molecular weight excluding hydrogens is 464 g/mol. The van der Waals surface area contributed by atoms with Gasteiger partial charge in [-0.05, 0) is 45.0 Å². The topological polar surface area (TPSA) is 99.2 Å². The molecule has 1 aliphatic heterocycles. The third-order valence-corrected chi connectivity index (χ3v) is 6.73. The minimum atomic E-state index is -0.515. The number of carbonyl (C=O) groups is 1. The zero-order valence-electron chi connectivity index (χ0n) is 21.2. The monoisotopic (exact) mass is 494 g/mol. The third-order valence-electron chi connectivity index (χ3n) is 6.73. The Balaban J connectivity index is 1.47. The number of nitrogens with one attached hydrogen (secondary N) is 2. The highest BCUT2D eigenvalue weighted by molar-refractivity contribution is 5.97. The Bertz CT molecular complexity index is 1350. The van der Waals surface area contributed by atoms with Crippen molar-refractivity contribution in [2.24, 2.45) is 0 Å². The molecule has 2 aromatic heterocycles. The van der Waals surface area contributed by atoms with E-state index in [-0.39, 0.29) is 11.9 Å². The minimum Gasteiger partial charge on any atom is -0.348 e. The number of amides is 1. The molecule has 1 amide bonds. The molecule has 1 fully saturated rings. The van der Waals surface area contributed by atoms with Crippen molar-refractivity contribution < 1.29 is 4.79 Å². The zero-order chi connectivity index (χ0) is 25.8. The quantitative estimate of drug-likeness (QED) is 0.408. The summed E-state index contributed by atoms with van der Waals surface area (Å²) in [6.45, 7) is 7.18. The Labute approximate surface area is 216 Å². The molecule has 2 aromatic carbocycles. The van der Waals surface area contributed by atoms with Crippen LogP contribution in [0.4, 0.5) is 28.8 Å². The molecule has 1 saturated heterocycles. The lowest BCUT2D eigenvalue weighted by Crippen LogP contribution is -2.62.